The zero-order valence-corrected chi connectivity index (χ0v) is 16.6. The molecule has 0 fully saturated rings. The van der Waals surface area contributed by atoms with Crippen LogP contribution in [0.3, 0.4) is 0 Å². The van der Waals surface area contributed by atoms with E-state index < -0.39 is 15.9 Å². The average molecular weight is 399 g/mol. The van der Waals surface area contributed by atoms with Gasteiger partial charge in [0.05, 0.1) is 11.1 Å². The number of rotatable bonds is 6. The van der Waals surface area contributed by atoms with E-state index >= 15 is 0 Å². The lowest BCUT2D eigenvalue weighted by atomic mass is 10.2. The third-order valence-electron chi connectivity index (χ3n) is 4.31. The van der Waals surface area contributed by atoms with Gasteiger partial charge in [-0.25, -0.2) is 8.42 Å². The number of nitrogens with one attached hydrogen (secondary N) is 1. The Balaban J connectivity index is 1.87. The number of amides is 1. The second-order valence-corrected chi connectivity index (χ2v) is 8.30. The quantitative estimate of drug-likeness (QED) is 0.683. The van der Waals surface area contributed by atoms with Gasteiger partial charge in [0, 0.05) is 33.0 Å². The molecule has 0 unspecified atom stereocenters. The average Bonchev–Trinajstić information content (AvgIpc) is 3.08. The van der Waals surface area contributed by atoms with Crippen molar-refractivity contribution in [3.63, 3.8) is 0 Å². The highest BCUT2D eigenvalue weighted by molar-refractivity contribution is 7.92. The zero-order chi connectivity index (χ0) is 20.3. The second kappa shape index (κ2) is 7.81. The molecule has 2 heterocycles. The first-order chi connectivity index (χ1) is 13.3. The monoisotopic (exact) mass is 399 g/mol. The van der Waals surface area contributed by atoms with Crippen molar-refractivity contribution in [1.29, 1.82) is 0 Å². The number of aryl methyl sites for hydroxylation is 2. The van der Waals surface area contributed by atoms with Crippen LogP contribution in [0.25, 0.3) is 0 Å². The molecule has 28 heavy (non-hydrogen) atoms. The van der Waals surface area contributed by atoms with Crippen LogP contribution in [0.4, 0.5) is 5.82 Å². The lowest BCUT2D eigenvalue weighted by molar-refractivity contribution is 0.0951. The van der Waals surface area contributed by atoms with E-state index in [4.69, 9.17) is 0 Å². The predicted molar refractivity (Wildman–Crippen MR) is 105 cm³/mol. The number of aromatic nitrogens is 3. The van der Waals surface area contributed by atoms with Gasteiger partial charge in [-0.05, 0) is 30.7 Å². The highest BCUT2D eigenvalue weighted by atomic mass is 32.2. The van der Waals surface area contributed by atoms with E-state index in [9.17, 15) is 13.2 Å². The molecule has 2 aromatic heterocycles. The molecule has 0 bridgehead atoms. The molecule has 0 saturated carbocycles. The molecule has 1 aromatic carbocycles. The van der Waals surface area contributed by atoms with E-state index in [0.29, 0.717) is 0 Å². The smallest absolute Gasteiger partial charge is 0.265 e. The summed E-state index contributed by atoms with van der Waals surface area (Å²) in [6, 6.07) is 10.2. The molecule has 8 nitrogen and oxygen atoms in total. The molecular formula is C19H21N5O3S. The van der Waals surface area contributed by atoms with E-state index in [1.165, 1.54) is 17.9 Å². The number of hydrogen-bond donors (Lipinski definition) is 1. The van der Waals surface area contributed by atoms with Crippen LogP contribution in [-0.4, -0.2) is 36.1 Å². The van der Waals surface area contributed by atoms with Gasteiger partial charge in [0.15, 0.2) is 5.82 Å². The van der Waals surface area contributed by atoms with E-state index in [2.05, 4.69) is 15.4 Å². The van der Waals surface area contributed by atoms with Crippen LogP contribution in [0.15, 0.2) is 59.9 Å². The molecule has 3 aromatic rings. The molecule has 1 N–H and O–H groups in total. The lowest BCUT2D eigenvalue weighted by Gasteiger charge is -2.21. The molecule has 9 heteroatoms. The summed E-state index contributed by atoms with van der Waals surface area (Å²) in [4.78, 5) is 16.8. The molecule has 3 rings (SSSR count). The van der Waals surface area contributed by atoms with Gasteiger partial charge in [0.1, 0.15) is 5.56 Å². The number of hydrogen-bond acceptors (Lipinski definition) is 5. The number of carbonyl (C=O) groups excluding carboxylic acids is 1. The molecule has 0 saturated heterocycles. The Morgan fingerprint density at radius 1 is 1.18 bits per heavy atom. The normalized spacial score (nSPS) is 11.2. The Morgan fingerprint density at radius 2 is 1.89 bits per heavy atom. The fourth-order valence-electron chi connectivity index (χ4n) is 2.73. The topological polar surface area (TPSA) is 97.2 Å². The van der Waals surface area contributed by atoms with Crippen LogP contribution in [0.2, 0.25) is 0 Å². The van der Waals surface area contributed by atoms with Gasteiger partial charge in [0.25, 0.3) is 15.9 Å². The first-order valence-electron chi connectivity index (χ1n) is 8.55. The van der Waals surface area contributed by atoms with E-state index in [1.54, 1.807) is 49.8 Å². The Hall–Kier alpha value is -3.20. The maximum atomic E-state index is 13.0. The number of sulfonamides is 1. The van der Waals surface area contributed by atoms with Crippen LogP contribution >= 0.6 is 0 Å². The number of nitrogens with zero attached hydrogens (tertiary/aromatic N) is 4. The summed E-state index contributed by atoms with van der Waals surface area (Å²) < 4.78 is 28.4. The maximum Gasteiger partial charge on any atom is 0.265 e. The Kier molecular flexibility index (Phi) is 5.46. The van der Waals surface area contributed by atoms with Crippen molar-refractivity contribution in [1.82, 2.24) is 20.1 Å². The van der Waals surface area contributed by atoms with E-state index in [0.717, 1.165) is 15.4 Å². The Morgan fingerprint density at radius 3 is 2.54 bits per heavy atom. The minimum atomic E-state index is -3.84. The first kappa shape index (κ1) is 19.6. The number of benzene rings is 1. The SMILES string of the molecule is Cc1ccc(S(=O)(=O)N(C)c2c(C(=O)NCc3cccnc3)cnn2C)cc1. The van der Waals surface area contributed by atoms with Gasteiger partial charge >= 0.3 is 0 Å². The fourth-order valence-corrected chi connectivity index (χ4v) is 3.97. The summed E-state index contributed by atoms with van der Waals surface area (Å²) in [5.74, 6) is -0.234. The van der Waals surface area contributed by atoms with Crippen molar-refractivity contribution in [3.05, 3.63) is 71.7 Å². The third-order valence-corrected chi connectivity index (χ3v) is 6.07. The van der Waals surface area contributed by atoms with Crippen molar-refractivity contribution in [2.45, 2.75) is 18.4 Å². The molecule has 0 atom stereocenters. The lowest BCUT2D eigenvalue weighted by Crippen LogP contribution is -2.31. The summed E-state index contributed by atoms with van der Waals surface area (Å²) >= 11 is 0. The van der Waals surface area contributed by atoms with E-state index in [-0.39, 0.29) is 22.8 Å². The molecule has 1 amide bonds. The minimum absolute atomic E-state index is 0.142. The first-order valence-corrected chi connectivity index (χ1v) is 9.99. The fraction of sp³-hybridized carbons (Fsp3) is 0.211. The van der Waals surface area contributed by atoms with Crippen LogP contribution in [0.1, 0.15) is 21.5 Å². The van der Waals surface area contributed by atoms with Crippen molar-refractivity contribution in [3.8, 4) is 0 Å². The van der Waals surface area contributed by atoms with Crippen molar-refractivity contribution in [2.24, 2.45) is 7.05 Å². The largest absolute Gasteiger partial charge is 0.348 e. The van der Waals surface area contributed by atoms with Gasteiger partial charge in [-0.3, -0.25) is 18.8 Å². The standard InChI is InChI=1S/C19H21N5O3S/c1-14-6-8-16(9-7-14)28(26,27)24(3)19-17(13-22-23(19)2)18(25)21-12-15-5-4-10-20-11-15/h4-11,13H,12H2,1-3H3,(H,21,25). The van der Waals surface area contributed by atoms with E-state index in [1.807, 2.05) is 13.0 Å². The Bertz CT molecular complexity index is 1080. The molecular weight excluding hydrogens is 378 g/mol. The number of pyridine rings is 1. The Labute approximate surface area is 163 Å². The second-order valence-electron chi connectivity index (χ2n) is 6.33. The highest BCUT2D eigenvalue weighted by Gasteiger charge is 2.28. The number of anilines is 1. The van der Waals surface area contributed by atoms with Crippen LogP contribution in [-0.2, 0) is 23.6 Å². The van der Waals surface area contributed by atoms with Gasteiger partial charge in [-0.15, -0.1) is 0 Å². The van der Waals surface area contributed by atoms with Gasteiger partial charge in [-0.2, -0.15) is 5.10 Å². The summed E-state index contributed by atoms with van der Waals surface area (Å²) in [6.07, 6.45) is 4.66. The van der Waals surface area contributed by atoms with Gasteiger partial charge < -0.3 is 5.32 Å². The van der Waals surface area contributed by atoms with Crippen molar-refractivity contribution in [2.75, 3.05) is 11.4 Å². The summed E-state index contributed by atoms with van der Waals surface area (Å²) in [6.45, 7) is 2.15. The molecule has 0 aliphatic rings. The van der Waals surface area contributed by atoms with Crippen LogP contribution in [0, 0.1) is 6.92 Å². The van der Waals surface area contributed by atoms with Crippen molar-refractivity contribution < 1.29 is 13.2 Å². The maximum absolute atomic E-state index is 13.0. The summed E-state index contributed by atoms with van der Waals surface area (Å²) in [5.41, 5.74) is 1.96. The summed E-state index contributed by atoms with van der Waals surface area (Å²) in [7, 11) is -0.843. The molecule has 0 radical (unpaired) electrons. The predicted octanol–water partition coefficient (Wildman–Crippen LogP) is 1.88. The molecule has 146 valence electrons. The van der Waals surface area contributed by atoms with Gasteiger partial charge in [-0.1, -0.05) is 23.8 Å². The third kappa shape index (κ3) is 3.89. The summed E-state index contributed by atoms with van der Waals surface area (Å²) in [5, 5.41) is 6.84. The molecule has 0 aliphatic carbocycles. The van der Waals surface area contributed by atoms with Crippen LogP contribution < -0.4 is 9.62 Å². The van der Waals surface area contributed by atoms with Gasteiger partial charge in [0.2, 0.25) is 0 Å². The number of carbonyl (C=O) groups is 1. The van der Waals surface area contributed by atoms with Crippen molar-refractivity contribution >= 4 is 21.7 Å². The molecule has 0 aliphatic heterocycles. The van der Waals surface area contributed by atoms with Crippen LogP contribution in [0.5, 0.6) is 0 Å². The highest BCUT2D eigenvalue weighted by Crippen LogP contribution is 2.25. The zero-order valence-electron chi connectivity index (χ0n) is 15.8. The minimum Gasteiger partial charge on any atom is -0.348 e. The molecule has 0 spiro atoms.